The molecule has 0 saturated heterocycles. The summed E-state index contributed by atoms with van der Waals surface area (Å²) in [4.78, 5) is 21.5. The van der Waals surface area contributed by atoms with E-state index in [0.29, 0.717) is 0 Å². The first kappa shape index (κ1) is 16.9. The summed E-state index contributed by atoms with van der Waals surface area (Å²) in [7, 11) is 1.59. The molecule has 122 valence electrons. The summed E-state index contributed by atoms with van der Waals surface area (Å²) in [5.41, 5.74) is 0.0293. The zero-order valence-electron chi connectivity index (χ0n) is 12.9. The van der Waals surface area contributed by atoms with Crippen LogP contribution in [0, 0.1) is 6.92 Å². The molecular weight excluding hydrogens is 307 g/mol. The normalized spacial score (nSPS) is 12.8. The van der Waals surface area contributed by atoms with Gasteiger partial charge in [0.1, 0.15) is 5.69 Å². The van der Waals surface area contributed by atoms with E-state index in [1.54, 1.807) is 25.5 Å². The van der Waals surface area contributed by atoms with Gasteiger partial charge in [-0.15, -0.1) is 0 Å². The van der Waals surface area contributed by atoms with E-state index in [-0.39, 0.29) is 23.2 Å². The molecule has 2 heterocycles. The Labute approximate surface area is 132 Å². The van der Waals surface area contributed by atoms with Crippen LogP contribution in [0.5, 0.6) is 0 Å². The molecule has 2 aromatic rings. The van der Waals surface area contributed by atoms with E-state index in [4.69, 9.17) is 0 Å². The molecule has 23 heavy (non-hydrogen) atoms. The van der Waals surface area contributed by atoms with Gasteiger partial charge in [0, 0.05) is 19.4 Å². The number of halogens is 3. The van der Waals surface area contributed by atoms with Crippen LogP contribution >= 0.6 is 0 Å². The third-order valence-electron chi connectivity index (χ3n) is 3.67. The number of nitrogens with zero attached hydrogens (tertiary/aromatic N) is 3. The molecule has 4 nitrogen and oxygen atoms in total. The van der Waals surface area contributed by atoms with Crippen LogP contribution in [0.15, 0.2) is 36.7 Å². The molecule has 0 aromatic carbocycles. The second kappa shape index (κ2) is 6.36. The Morgan fingerprint density at radius 1 is 1.26 bits per heavy atom. The zero-order valence-corrected chi connectivity index (χ0v) is 12.9. The molecule has 1 atom stereocenters. The lowest BCUT2D eigenvalue weighted by Gasteiger charge is -2.25. The van der Waals surface area contributed by atoms with Gasteiger partial charge in [-0.1, -0.05) is 6.07 Å². The highest BCUT2D eigenvalue weighted by molar-refractivity contribution is 5.95. The minimum absolute atomic E-state index is 0.0510. The number of aryl methyl sites for hydroxylation is 1. The average molecular weight is 323 g/mol. The van der Waals surface area contributed by atoms with Crippen molar-refractivity contribution in [2.75, 3.05) is 7.05 Å². The maximum atomic E-state index is 12.6. The lowest BCUT2D eigenvalue weighted by molar-refractivity contribution is -0.141. The van der Waals surface area contributed by atoms with E-state index >= 15 is 0 Å². The smallest absolute Gasteiger partial charge is 0.335 e. The van der Waals surface area contributed by atoms with Gasteiger partial charge in [-0.25, -0.2) is 4.98 Å². The summed E-state index contributed by atoms with van der Waals surface area (Å²) in [6, 6.07) is 5.31. The van der Waals surface area contributed by atoms with Gasteiger partial charge in [0.25, 0.3) is 5.91 Å². The van der Waals surface area contributed by atoms with Crippen molar-refractivity contribution in [2.45, 2.75) is 26.1 Å². The molecule has 2 aromatic heterocycles. The van der Waals surface area contributed by atoms with Crippen LogP contribution in [0.1, 0.15) is 40.3 Å². The van der Waals surface area contributed by atoms with Crippen molar-refractivity contribution in [3.8, 4) is 0 Å². The zero-order chi connectivity index (χ0) is 17.2. The number of hydrogen-bond acceptors (Lipinski definition) is 3. The summed E-state index contributed by atoms with van der Waals surface area (Å²) in [6.45, 7) is 3.22. The summed E-state index contributed by atoms with van der Waals surface area (Å²) in [5.74, 6) is -0.389. The fraction of sp³-hybridized carbons (Fsp3) is 0.312. The molecule has 0 N–H and O–H groups in total. The molecule has 0 aliphatic carbocycles. The Morgan fingerprint density at radius 3 is 2.48 bits per heavy atom. The van der Waals surface area contributed by atoms with Crippen LogP contribution in [0.2, 0.25) is 0 Å². The summed E-state index contributed by atoms with van der Waals surface area (Å²) in [6.07, 6.45) is -1.25. The minimum atomic E-state index is -4.53. The Bertz CT molecular complexity index is 701. The number of amides is 1. The lowest BCUT2D eigenvalue weighted by atomic mass is 10.1. The molecule has 2 rings (SSSR count). The lowest BCUT2D eigenvalue weighted by Crippen LogP contribution is -2.30. The predicted octanol–water partition coefficient (Wildman–Crippen LogP) is 3.64. The number of alkyl halides is 3. The summed E-state index contributed by atoms with van der Waals surface area (Å²) in [5, 5.41) is 0. The maximum Gasteiger partial charge on any atom is 0.433 e. The van der Waals surface area contributed by atoms with Gasteiger partial charge < -0.3 is 4.90 Å². The van der Waals surface area contributed by atoms with Crippen LogP contribution in [0.4, 0.5) is 13.2 Å². The third kappa shape index (κ3) is 3.67. The van der Waals surface area contributed by atoms with E-state index in [2.05, 4.69) is 9.97 Å². The number of carbonyl (C=O) groups excluding carboxylic acids is 1. The average Bonchev–Trinajstić information content (AvgIpc) is 2.52. The molecule has 0 radical (unpaired) electrons. The quantitative estimate of drug-likeness (QED) is 0.866. The fourth-order valence-corrected chi connectivity index (χ4v) is 2.16. The van der Waals surface area contributed by atoms with E-state index in [1.807, 2.05) is 13.0 Å². The minimum Gasteiger partial charge on any atom is -0.335 e. The highest BCUT2D eigenvalue weighted by Gasteiger charge is 2.33. The standard InChI is InChI=1S/C16H16F3N3O/c1-10-13(6-7-14(21-10)16(17,18)19)15(23)22(3)11(2)12-5-4-8-20-9-12/h4-9,11H,1-3H3/t11-/m1/s1. The molecule has 0 aliphatic heterocycles. The van der Waals surface area contributed by atoms with E-state index in [1.165, 1.54) is 17.9 Å². The van der Waals surface area contributed by atoms with Gasteiger partial charge >= 0.3 is 6.18 Å². The first-order valence-corrected chi connectivity index (χ1v) is 6.93. The van der Waals surface area contributed by atoms with E-state index in [9.17, 15) is 18.0 Å². The molecule has 0 unspecified atom stereocenters. The number of hydrogen-bond donors (Lipinski definition) is 0. The second-order valence-electron chi connectivity index (χ2n) is 5.21. The van der Waals surface area contributed by atoms with Gasteiger partial charge in [-0.2, -0.15) is 13.2 Å². The first-order valence-electron chi connectivity index (χ1n) is 6.93. The van der Waals surface area contributed by atoms with E-state index in [0.717, 1.165) is 11.6 Å². The van der Waals surface area contributed by atoms with E-state index < -0.39 is 11.9 Å². The van der Waals surface area contributed by atoms with Crippen LogP contribution in [-0.4, -0.2) is 27.8 Å². The van der Waals surface area contributed by atoms with Gasteiger partial charge in [-0.3, -0.25) is 9.78 Å². The Kier molecular flexibility index (Phi) is 4.68. The van der Waals surface area contributed by atoms with Crippen molar-refractivity contribution in [1.82, 2.24) is 14.9 Å². The molecule has 0 spiro atoms. The van der Waals surface area contributed by atoms with Gasteiger partial charge in [-0.05, 0) is 37.6 Å². The summed E-state index contributed by atoms with van der Waals surface area (Å²) >= 11 is 0. The van der Waals surface area contributed by atoms with Crippen molar-refractivity contribution in [3.05, 3.63) is 59.2 Å². The van der Waals surface area contributed by atoms with Crippen molar-refractivity contribution in [1.29, 1.82) is 0 Å². The van der Waals surface area contributed by atoms with Crippen LogP contribution < -0.4 is 0 Å². The topological polar surface area (TPSA) is 46.1 Å². The molecule has 0 aliphatic rings. The maximum absolute atomic E-state index is 12.6. The Morgan fingerprint density at radius 2 is 1.96 bits per heavy atom. The van der Waals surface area contributed by atoms with Gasteiger partial charge in [0.2, 0.25) is 0 Å². The van der Waals surface area contributed by atoms with Crippen molar-refractivity contribution in [3.63, 3.8) is 0 Å². The van der Waals surface area contributed by atoms with Crippen LogP contribution in [-0.2, 0) is 6.18 Å². The van der Waals surface area contributed by atoms with Crippen molar-refractivity contribution < 1.29 is 18.0 Å². The van der Waals surface area contributed by atoms with Crippen molar-refractivity contribution >= 4 is 5.91 Å². The molecule has 0 bridgehead atoms. The number of carbonyl (C=O) groups is 1. The third-order valence-corrected chi connectivity index (χ3v) is 3.67. The highest BCUT2D eigenvalue weighted by atomic mass is 19.4. The predicted molar refractivity (Wildman–Crippen MR) is 78.7 cm³/mol. The van der Waals surface area contributed by atoms with Gasteiger partial charge in [0.15, 0.2) is 0 Å². The van der Waals surface area contributed by atoms with Crippen LogP contribution in [0.25, 0.3) is 0 Å². The monoisotopic (exact) mass is 323 g/mol. The van der Waals surface area contributed by atoms with Gasteiger partial charge in [0.05, 0.1) is 17.3 Å². The number of aromatic nitrogens is 2. The SMILES string of the molecule is Cc1nc(C(F)(F)F)ccc1C(=O)N(C)[C@H](C)c1cccnc1. The molecule has 0 saturated carbocycles. The fourth-order valence-electron chi connectivity index (χ4n) is 2.16. The van der Waals surface area contributed by atoms with Crippen molar-refractivity contribution in [2.24, 2.45) is 0 Å². The Hall–Kier alpha value is -2.44. The summed E-state index contributed by atoms with van der Waals surface area (Å²) < 4.78 is 37.9. The number of rotatable bonds is 3. The second-order valence-corrected chi connectivity index (χ2v) is 5.21. The van der Waals surface area contributed by atoms with Crippen LogP contribution in [0.3, 0.4) is 0 Å². The Balaban J connectivity index is 2.26. The molecule has 7 heteroatoms. The highest BCUT2D eigenvalue weighted by Crippen LogP contribution is 2.29. The first-order chi connectivity index (χ1) is 10.7. The molecule has 0 fully saturated rings. The molecule has 1 amide bonds. The number of pyridine rings is 2. The largest absolute Gasteiger partial charge is 0.433 e. The molecular formula is C16H16F3N3O.